The molecule has 0 spiro atoms. The summed E-state index contributed by atoms with van der Waals surface area (Å²) in [5, 5.41) is 9.59. The molecule has 176 valence electrons. The highest BCUT2D eigenvalue weighted by atomic mass is 32.2. The Labute approximate surface area is 192 Å². The van der Waals surface area contributed by atoms with Crippen LogP contribution in [0.5, 0.6) is 0 Å². The van der Waals surface area contributed by atoms with Crippen molar-refractivity contribution in [3.8, 4) is 11.1 Å². The summed E-state index contributed by atoms with van der Waals surface area (Å²) < 4.78 is 43.7. The number of carbonyl (C=O) groups is 1. The molecule has 2 heterocycles. The first-order chi connectivity index (χ1) is 15.3. The largest absolute Gasteiger partial charge is 0.465 e. The Kier molecular flexibility index (Phi) is 5.72. The Hall–Kier alpha value is -2.94. The molecule has 1 amide bonds. The highest BCUT2D eigenvalue weighted by Gasteiger charge is 2.40. The summed E-state index contributed by atoms with van der Waals surface area (Å²) in [4.78, 5) is 17.5. The highest BCUT2D eigenvalue weighted by Crippen LogP contribution is 2.40. The fourth-order valence-electron chi connectivity index (χ4n) is 4.52. The maximum absolute atomic E-state index is 14.4. The van der Waals surface area contributed by atoms with Gasteiger partial charge in [0.25, 0.3) is 0 Å². The van der Waals surface area contributed by atoms with E-state index in [-0.39, 0.29) is 22.3 Å². The number of benzene rings is 2. The molecule has 2 atom stereocenters. The zero-order chi connectivity index (χ0) is 24.1. The molecule has 4 rings (SSSR count). The first kappa shape index (κ1) is 23.2. The van der Waals surface area contributed by atoms with E-state index in [1.807, 2.05) is 20.8 Å². The van der Waals surface area contributed by atoms with Crippen molar-refractivity contribution in [2.75, 3.05) is 12.8 Å². The van der Waals surface area contributed by atoms with Crippen LogP contribution in [0.15, 0.2) is 45.7 Å². The highest BCUT2D eigenvalue weighted by molar-refractivity contribution is 7.90. The predicted octanol–water partition coefficient (Wildman–Crippen LogP) is 5.31. The maximum atomic E-state index is 14.4. The van der Waals surface area contributed by atoms with Crippen molar-refractivity contribution in [3.05, 3.63) is 48.1 Å². The second-order valence-electron chi connectivity index (χ2n) is 9.73. The molecule has 33 heavy (non-hydrogen) atoms. The first-order valence-corrected chi connectivity index (χ1v) is 12.6. The van der Waals surface area contributed by atoms with Crippen molar-refractivity contribution in [2.45, 2.75) is 50.5 Å². The molecule has 2 aromatic carbocycles. The van der Waals surface area contributed by atoms with Gasteiger partial charge in [-0.15, -0.1) is 0 Å². The Morgan fingerprint density at radius 1 is 1.18 bits per heavy atom. The average molecular weight is 475 g/mol. The number of aromatic nitrogens is 1. The van der Waals surface area contributed by atoms with Gasteiger partial charge in [-0.2, -0.15) is 0 Å². The van der Waals surface area contributed by atoms with Crippen LogP contribution in [0.4, 0.5) is 9.18 Å². The number of hydrogen-bond acceptors (Lipinski definition) is 5. The minimum atomic E-state index is -3.64. The van der Waals surface area contributed by atoms with Gasteiger partial charge >= 0.3 is 6.09 Å². The summed E-state index contributed by atoms with van der Waals surface area (Å²) in [5.74, 6) is -0.235. The quantitative estimate of drug-likeness (QED) is 0.552. The molecule has 1 aromatic heterocycles. The van der Waals surface area contributed by atoms with Crippen molar-refractivity contribution in [3.63, 3.8) is 0 Å². The van der Waals surface area contributed by atoms with E-state index in [9.17, 15) is 22.7 Å². The first-order valence-electron chi connectivity index (χ1n) is 10.7. The summed E-state index contributed by atoms with van der Waals surface area (Å²) in [5.41, 5.74) is 2.21. The lowest BCUT2D eigenvalue weighted by atomic mass is 9.77. The number of fused-ring (bicyclic) bond motifs is 1. The second-order valence-corrected chi connectivity index (χ2v) is 11.7. The predicted molar refractivity (Wildman–Crippen MR) is 122 cm³/mol. The second kappa shape index (κ2) is 8.13. The molecule has 7 nitrogen and oxygen atoms in total. The number of halogens is 1. The van der Waals surface area contributed by atoms with Crippen LogP contribution in [0.3, 0.4) is 0 Å². The molecule has 0 bridgehead atoms. The van der Waals surface area contributed by atoms with E-state index in [0.717, 1.165) is 6.26 Å². The van der Waals surface area contributed by atoms with Crippen LogP contribution >= 0.6 is 0 Å². The lowest BCUT2D eigenvalue weighted by Gasteiger charge is -2.43. The molecule has 0 aliphatic carbocycles. The third-order valence-corrected chi connectivity index (χ3v) is 7.40. The van der Waals surface area contributed by atoms with Gasteiger partial charge in [0.1, 0.15) is 16.2 Å². The number of nitrogens with zero attached hydrogens (tertiary/aromatic N) is 2. The van der Waals surface area contributed by atoms with Crippen molar-refractivity contribution < 1.29 is 27.1 Å². The lowest BCUT2D eigenvalue weighted by molar-refractivity contribution is 0.0494. The zero-order valence-electron chi connectivity index (χ0n) is 19.0. The van der Waals surface area contributed by atoms with Crippen LogP contribution in [-0.2, 0) is 9.84 Å². The Morgan fingerprint density at radius 2 is 1.85 bits per heavy atom. The number of carboxylic acid groups (broad SMARTS) is 1. The summed E-state index contributed by atoms with van der Waals surface area (Å²) in [6.07, 6.45) is 1.30. The van der Waals surface area contributed by atoms with Crippen molar-refractivity contribution >= 4 is 27.0 Å². The van der Waals surface area contributed by atoms with Crippen LogP contribution < -0.4 is 0 Å². The minimum Gasteiger partial charge on any atom is -0.465 e. The lowest BCUT2D eigenvalue weighted by Crippen LogP contribution is -2.51. The number of hydrogen-bond donors (Lipinski definition) is 1. The van der Waals surface area contributed by atoms with Gasteiger partial charge < -0.3 is 14.4 Å². The topological polar surface area (TPSA) is 101 Å². The third kappa shape index (κ3) is 4.59. The molecular weight excluding hydrogens is 447 g/mol. The fraction of sp³-hybridized carbons (Fsp3) is 0.417. The molecule has 3 aromatic rings. The van der Waals surface area contributed by atoms with Crippen molar-refractivity contribution in [2.24, 2.45) is 5.41 Å². The monoisotopic (exact) mass is 474 g/mol. The van der Waals surface area contributed by atoms with Gasteiger partial charge in [-0.1, -0.05) is 32.9 Å². The summed E-state index contributed by atoms with van der Waals surface area (Å²) >= 11 is 0. The number of likely N-dealkylation sites (tertiary alicyclic amines) is 1. The fourth-order valence-corrected chi connectivity index (χ4v) is 5.25. The molecular formula is C24H27FN2O5S. The van der Waals surface area contributed by atoms with Crippen molar-refractivity contribution in [1.29, 1.82) is 0 Å². The van der Waals surface area contributed by atoms with E-state index in [0.29, 0.717) is 47.5 Å². The SMILES string of the molecule is CC(C)(C)C1CC(c2nc3cc(-c4ccc(S(C)(=O)=O)c(F)c4)ccc3o2)CCN1C(=O)O. The van der Waals surface area contributed by atoms with Gasteiger partial charge in [-0.05, 0) is 53.6 Å². The minimum absolute atomic E-state index is 0.00726. The average Bonchev–Trinajstić information content (AvgIpc) is 3.15. The molecule has 1 saturated heterocycles. The molecule has 1 aliphatic heterocycles. The molecule has 2 unspecified atom stereocenters. The molecule has 1 fully saturated rings. The Bertz CT molecular complexity index is 1330. The van der Waals surface area contributed by atoms with E-state index in [4.69, 9.17) is 4.42 Å². The standard InChI is InChI=1S/C24H27FN2O5S/c1-24(2,3)21-13-16(9-10-27(21)23(28)29)22-26-18-12-15(5-7-19(18)32-22)14-6-8-20(17(25)11-14)33(4,30)31/h5-8,11-12,16,21H,9-10,13H2,1-4H3,(H,28,29). The summed E-state index contributed by atoms with van der Waals surface area (Å²) in [7, 11) is -3.64. The smallest absolute Gasteiger partial charge is 0.407 e. The van der Waals surface area contributed by atoms with E-state index in [1.54, 1.807) is 24.3 Å². The van der Waals surface area contributed by atoms with Gasteiger partial charge in [0.15, 0.2) is 21.3 Å². The van der Waals surface area contributed by atoms with Gasteiger partial charge in [-0.3, -0.25) is 0 Å². The zero-order valence-corrected chi connectivity index (χ0v) is 19.8. The molecule has 1 aliphatic rings. The normalized spacial score (nSPS) is 19.7. The third-order valence-electron chi connectivity index (χ3n) is 6.27. The number of sulfone groups is 1. The Morgan fingerprint density at radius 3 is 2.45 bits per heavy atom. The molecule has 9 heteroatoms. The van der Waals surface area contributed by atoms with Gasteiger partial charge in [-0.25, -0.2) is 22.6 Å². The van der Waals surface area contributed by atoms with E-state index in [2.05, 4.69) is 4.98 Å². The summed E-state index contributed by atoms with van der Waals surface area (Å²) in [6.45, 7) is 6.51. The van der Waals surface area contributed by atoms with Gasteiger partial charge in [0.2, 0.25) is 0 Å². The van der Waals surface area contributed by atoms with Gasteiger partial charge in [0.05, 0.1) is 0 Å². The number of oxazole rings is 1. The van der Waals surface area contributed by atoms with Gasteiger partial charge in [0, 0.05) is 24.8 Å². The molecule has 0 radical (unpaired) electrons. The van der Waals surface area contributed by atoms with E-state index in [1.165, 1.54) is 17.0 Å². The van der Waals surface area contributed by atoms with Crippen LogP contribution in [0.2, 0.25) is 0 Å². The van der Waals surface area contributed by atoms with Crippen molar-refractivity contribution in [1.82, 2.24) is 9.88 Å². The number of piperidine rings is 1. The van der Waals surface area contributed by atoms with Crippen LogP contribution in [-0.4, -0.2) is 48.3 Å². The van der Waals surface area contributed by atoms with E-state index >= 15 is 0 Å². The van der Waals surface area contributed by atoms with Crippen LogP contribution in [0, 0.1) is 11.2 Å². The Balaban J connectivity index is 1.64. The van der Waals surface area contributed by atoms with E-state index < -0.39 is 21.7 Å². The maximum Gasteiger partial charge on any atom is 0.407 e. The molecule has 0 saturated carbocycles. The number of rotatable bonds is 3. The van der Waals surface area contributed by atoms with Crippen LogP contribution in [0.1, 0.15) is 45.4 Å². The molecule has 1 N–H and O–H groups in total. The number of amides is 1. The summed E-state index contributed by atoms with van der Waals surface area (Å²) in [6, 6.07) is 9.20. The van der Waals surface area contributed by atoms with Crippen LogP contribution in [0.25, 0.3) is 22.2 Å².